The molecule has 13 nitrogen and oxygen atoms in total. The van der Waals surface area contributed by atoms with Crippen molar-refractivity contribution in [3.05, 3.63) is 10.1 Å². The quantitative estimate of drug-likeness (QED) is 0.365. The smallest absolute Gasteiger partial charge is 0.411 e. The van der Waals surface area contributed by atoms with Crippen molar-refractivity contribution >= 4 is 29.7 Å². The molecule has 2 N–H and O–H groups in total. The fourth-order valence-corrected chi connectivity index (χ4v) is 5.15. The van der Waals surface area contributed by atoms with Gasteiger partial charge in [-0.05, 0) is 26.7 Å². The van der Waals surface area contributed by atoms with E-state index in [2.05, 4.69) is 15.5 Å². The zero-order chi connectivity index (χ0) is 25.2. The van der Waals surface area contributed by atoms with Gasteiger partial charge in [0.1, 0.15) is 29.9 Å². The fraction of sp³-hybridized carbons (Fsp3) is 0.850. The molecular weight excluding hydrogens is 472 g/mol. The highest BCUT2D eigenvalue weighted by Gasteiger charge is 2.50. The second-order valence-electron chi connectivity index (χ2n) is 9.77. The molecular formula is C20H32N4O9S. The molecule has 3 aliphatic rings. The zero-order valence-corrected chi connectivity index (χ0v) is 20.7. The zero-order valence-electron chi connectivity index (χ0n) is 19.8. The van der Waals surface area contributed by atoms with Gasteiger partial charge in [-0.2, -0.15) is 0 Å². The van der Waals surface area contributed by atoms with Crippen molar-refractivity contribution in [2.45, 2.75) is 76.7 Å². The van der Waals surface area contributed by atoms with E-state index in [9.17, 15) is 24.5 Å². The Labute approximate surface area is 201 Å². The van der Waals surface area contributed by atoms with Crippen LogP contribution in [0.25, 0.3) is 0 Å². The van der Waals surface area contributed by atoms with Gasteiger partial charge in [-0.15, -0.1) is 21.9 Å². The van der Waals surface area contributed by atoms with Crippen LogP contribution in [0.15, 0.2) is 0 Å². The molecule has 3 saturated heterocycles. The molecule has 3 fully saturated rings. The summed E-state index contributed by atoms with van der Waals surface area (Å²) < 4.78 is 16.5. The van der Waals surface area contributed by atoms with Gasteiger partial charge in [-0.25, -0.2) is 4.79 Å². The summed E-state index contributed by atoms with van der Waals surface area (Å²) in [5.41, 5.74) is -0.695. The van der Waals surface area contributed by atoms with Crippen LogP contribution in [0, 0.1) is 16.0 Å². The number of nitrogens with zero attached hydrogens (tertiary/aromatic N) is 2. The lowest BCUT2D eigenvalue weighted by molar-refractivity contribution is -0.769. The van der Waals surface area contributed by atoms with Crippen molar-refractivity contribution in [1.82, 2.24) is 15.5 Å². The van der Waals surface area contributed by atoms with Crippen LogP contribution in [0.4, 0.5) is 4.79 Å². The molecule has 34 heavy (non-hydrogen) atoms. The fourth-order valence-electron chi connectivity index (χ4n) is 4.01. The molecule has 0 aromatic carbocycles. The number of hydrogen-bond donors (Lipinski definition) is 2. The predicted octanol–water partition coefficient (Wildman–Crippen LogP) is 0.297. The number of thioether (sulfide) groups is 1. The van der Waals surface area contributed by atoms with Gasteiger partial charge in [0.25, 0.3) is 5.09 Å². The summed E-state index contributed by atoms with van der Waals surface area (Å²) in [6.07, 6.45) is -2.70. The van der Waals surface area contributed by atoms with Crippen LogP contribution in [0.1, 0.15) is 34.6 Å². The standard InChI is InChI=1S/C20H32N4O9S/c1-10(2)14(22-17(25)12-8-34-9-23(12)19(27)32-20(3,4)5)18(26)21-11-6-30-16-13(33-24(28)29)7-31-15(11)16/h10-16H,6-9H2,1-5H3,(H,21,26)(H,22,25)/t11-,12-,13-,14+,15+,16+/m0/s1. The Balaban J connectivity index is 1.59. The van der Waals surface area contributed by atoms with Gasteiger partial charge in [0.2, 0.25) is 11.8 Å². The summed E-state index contributed by atoms with van der Waals surface area (Å²) >= 11 is 1.43. The monoisotopic (exact) mass is 504 g/mol. The van der Waals surface area contributed by atoms with Crippen molar-refractivity contribution in [1.29, 1.82) is 0 Å². The molecule has 0 aromatic heterocycles. The SMILES string of the molecule is CC(C)[C@@H](NC(=O)[C@@H]1CSCN1C(=O)OC(C)(C)C)C(=O)N[C@H]1CO[C@H]2[C@@H]1OC[C@@H]2O[N+](=O)[O-]. The average Bonchev–Trinajstić information content (AvgIpc) is 3.42. The Morgan fingerprint density at radius 3 is 2.47 bits per heavy atom. The van der Waals surface area contributed by atoms with E-state index in [0.29, 0.717) is 11.6 Å². The molecule has 0 aliphatic carbocycles. The van der Waals surface area contributed by atoms with Crippen LogP contribution < -0.4 is 10.6 Å². The number of nitrogens with one attached hydrogen (secondary N) is 2. The molecule has 0 saturated carbocycles. The Hall–Kier alpha value is -2.32. The highest BCUT2D eigenvalue weighted by Crippen LogP contribution is 2.29. The van der Waals surface area contributed by atoms with Crippen LogP contribution in [0.5, 0.6) is 0 Å². The lowest BCUT2D eigenvalue weighted by Crippen LogP contribution is -2.58. The van der Waals surface area contributed by atoms with Gasteiger partial charge >= 0.3 is 6.09 Å². The maximum Gasteiger partial charge on any atom is 0.411 e. The van der Waals surface area contributed by atoms with E-state index >= 15 is 0 Å². The molecule has 3 rings (SSSR count). The molecule has 0 aromatic rings. The molecule has 0 bridgehead atoms. The third-order valence-electron chi connectivity index (χ3n) is 5.62. The van der Waals surface area contributed by atoms with Gasteiger partial charge in [-0.1, -0.05) is 13.8 Å². The van der Waals surface area contributed by atoms with Crippen LogP contribution in [0.2, 0.25) is 0 Å². The van der Waals surface area contributed by atoms with Crippen LogP contribution in [0.3, 0.4) is 0 Å². The molecule has 0 radical (unpaired) electrons. The normalized spacial score (nSPS) is 29.5. The second-order valence-corrected chi connectivity index (χ2v) is 10.8. The summed E-state index contributed by atoms with van der Waals surface area (Å²) in [4.78, 5) is 55.2. The molecule has 0 unspecified atom stereocenters. The van der Waals surface area contributed by atoms with Gasteiger partial charge in [0.15, 0.2) is 6.10 Å². The molecule has 14 heteroatoms. The number of amides is 3. The highest BCUT2D eigenvalue weighted by molar-refractivity contribution is 7.99. The molecule has 3 aliphatic heterocycles. The molecule has 3 amide bonds. The largest absolute Gasteiger partial charge is 0.444 e. The summed E-state index contributed by atoms with van der Waals surface area (Å²) in [5, 5.41) is 15.3. The van der Waals surface area contributed by atoms with Crippen molar-refractivity contribution in [3.63, 3.8) is 0 Å². The van der Waals surface area contributed by atoms with E-state index in [4.69, 9.17) is 14.2 Å². The molecule has 192 valence electrons. The maximum atomic E-state index is 13.1. The number of ether oxygens (including phenoxy) is 3. The topological polar surface area (TPSA) is 159 Å². The van der Waals surface area contributed by atoms with E-state index in [1.807, 2.05) is 0 Å². The van der Waals surface area contributed by atoms with E-state index < -0.39 is 65.0 Å². The van der Waals surface area contributed by atoms with Crippen molar-refractivity contribution in [3.8, 4) is 0 Å². The third kappa shape index (κ3) is 6.21. The second kappa shape index (κ2) is 10.5. The van der Waals surface area contributed by atoms with Crippen LogP contribution in [-0.2, 0) is 28.6 Å². The summed E-state index contributed by atoms with van der Waals surface area (Å²) in [5.74, 6) is -0.417. The first-order valence-electron chi connectivity index (χ1n) is 11.1. The van der Waals surface area contributed by atoms with E-state index in [0.717, 1.165) is 0 Å². The van der Waals surface area contributed by atoms with Gasteiger partial charge in [0, 0.05) is 5.75 Å². The summed E-state index contributed by atoms with van der Waals surface area (Å²) in [6, 6.07) is -2.17. The first kappa shape index (κ1) is 26.3. The third-order valence-corrected chi connectivity index (χ3v) is 6.63. The number of rotatable bonds is 7. The van der Waals surface area contributed by atoms with E-state index in [1.54, 1.807) is 34.6 Å². The van der Waals surface area contributed by atoms with Crippen molar-refractivity contribution < 1.29 is 38.5 Å². The Morgan fingerprint density at radius 2 is 1.85 bits per heavy atom. The first-order valence-corrected chi connectivity index (χ1v) is 12.3. The lowest BCUT2D eigenvalue weighted by Gasteiger charge is -2.29. The highest BCUT2D eigenvalue weighted by atomic mass is 32.2. The van der Waals surface area contributed by atoms with E-state index in [1.165, 1.54) is 16.7 Å². The lowest BCUT2D eigenvalue weighted by atomic mass is 10.0. The minimum atomic E-state index is -0.891. The first-order chi connectivity index (χ1) is 15.9. The Morgan fingerprint density at radius 1 is 1.18 bits per heavy atom. The number of fused-ring (bicyclic) bond motifs is 1. The number of carbonyl (C=O) groups is 3. The van der Waals surface area contributed by atoms with Gasteiger partial charge in [0.05, 0.1) is 25.1 Å². The minimum absolute atomic E-state index is 0.0210. The maximum absolute atomic E-state index is 13.1. The van der Waals surface area contributed by atoms with Crippen molar-refractivity contribution in [2.24, 2.45) is 5.92 Å². The molecule has 3 heterocycles. The van der Waals surface area contributed by atoms with Crippen LogP contribution in [-0.4, -0.2) is 94.8 Å². The average molecular weight is 505 g/mol. The predicted molar refractivity (Wildman–Crippen MR) is 119 cm³/mol. The Kier molecular flexibility index (Phi) is 8.14. The van der Waals surface area contributed by atoms with Crippen LogP contribution >= 0.6 is 11.8 Å². The van der Waals surface area contributed by atoms with Gasteiger partial charge in [-0.3, -0.25) is 14.5 Å². The molecule has 0 spiro atoms. The molecule has 6 atom stereocenters. The van der Waals surface area contributed by atoms with E-state index in [-0.39, 0.29) is 19.1 Å². The number of hydrogen-bond acceptors (Lipinski definition) is 10. The number of carbonyl (C=O) groups excluding carboxylic acids is 3. The Bertz CT molecular complexity index is 805. The minimum Gasteiger partial charge on any atom is -0.444 e. The van der Waals surface area contributed by atoms with Crippen molar-refractivity contribution in [2.75, 3.05) is 24.8 Å². The summed E-state index contributed by atoms with van der Waals surface area (Å²) in [6.45, 7) is 8.91. The summed E-state index contributed by atoms with van der Waals surface area (Å²) in [7, 11) is 0. The van der Waals surface area contributed by atoms with Gasteiger partial charge < -0.3 is 29.7 Å².